The van der Waals surface area contributed by atoms with Crippen molar-refractivity contribution in [3.05, 3.63) is 77.2 Å². The number of carbonyl (C=O) groups excluding carboxylic acids is 1. The molecule has 4 nitrogen and oxygen atoms in total. The molecule has 1 unspecified atom stereocenters. The van der Waals surface area contributed by atoms with Crippen LogP contribution in [-0.4, -0.2) is 36.5 Å². The maximum Gasteiger partial charge on any atom is 0.261 e. The van der Waals surface area contributed by atoms with Crippen LogP contribution in [0.4, 0.5) is 0 Å². The van der Waals surface area contributed by atoms with Crippen molar-refractivity contribution in [3.63, 3.8) is 0 Å². The molecular weight excluding hydrogens is 392 g/mol. The lowest BCUT2D eigenvalue weighted by molar-refractivity contribution is 0.0622. The quantitative estimate of drug-likeness (QED) is 0.624. The molecular formula is C25H26N2O2S. The van der Waals surface area contributed by atoms with Crippen LogP contribution in [0.1, 0.15) is 28.1 Å². The summed E-state index contributed by atoms with van der Waals surface area (Å²) in [4.78, 5) is 17.1. The van der Waals surface area contributed by atoms with Gasteiger partial charge in [0, 0.05) is 17.5 Å². The lowest BCUT2D eigenvalue weighted by atomic mass is 9.84. The molecule has 1 atom stereocenters. The average Bonchev–Trinajstić information content (AvgIpc) is 3.30. The van der Waals surface area contributed by atoms with Crippen LogP contribution in [-0.2, 0) is 6.61 Å². The first-order valence-corrected chi connectivity index (χ1v) is 11.5. The third-order valence-electron chi connectivity index (χ3n) is 6.19. The van der Waals surface area contributed by atoms with Crippen molar-refractivity contribution in [2.75, 3.05) is 19.6 Å². The van der Waals surface area contributed by atoms with Crippen molar-refractivity contribution in [2.24, 2.45) is 5.92 Å². The minimum Gasteiger partial charge on any atom is -0.489 e. The van der Waals surface area contributed by atoms with Gasteiger partial charge in [0.05, 0.1) is 4.88 Å². The standard InChI is InChI=1S/C25H26N2O2S/c28-25(26-22-16-27-14-12-19(22)13-15-27)24-11-10-23(30-24)20-6-8-21(9-7-20)29-17-18-4-2-1-3-5-18/h1-11,19,22H,12-17H2,(H,26,28). The lowest BCUT2D eigenvalue weighted by Gasteiger charge is -2.44. The minimum absolute atomic E-state index is 0.0628. The van der Waals surface area contributed by atoms with E-state index in [1.165, 1.54) is 25.9 Å². The number of hydrogen-bond acceptors (Lipinski definition) is 4. The number of fused-ring (bicyclic) bond motifs is 3. The zero-order valence-corrected chi connectivity index (χ0v) is 17.7. The van der Waals surface area contributed by atoms with Crippen LogP contribution in [0.15, 0.2) is 66.7 Å². The van der Waals surface area contributed by atoms with Gasteiger partial charge < -0.3 is 15.0 Å². The molecule has 6 rings (SSSR count). The average molecular weight is 419 g/mol. The Labute approximate surface area is 181 Å². The molecule has 5 heteroatoms. The molecule has 2 bridgehead atoms. The molecule has 1 N–H and O–H groups in total. The van der Waals surface area contributed by atoms with Gasteiger partial charge in [0.2, 0.25) is 0 Å². The zero-order valence-electron chi connectivity index (χ0n) is 16.9. The molecule has 4 heterocycles. The molecule has 3 fully saturated rings. The zero-order chi connectivity index (χ0) is 20.3. The molecule has 3 aliphatic rings. The van der Waals surface area contributed by atoms with Crippen molar-refractivity contribution in [2.45, 2.75) is 25.5 Å². The molecule has 1 amide bonds. The van der Waals surface area contributed by atoms with E-state index in [-0.39, 0.29) is 5.91 Å². The predicted molar refractivity (Wildman–Crippen MR) is 121 cm³/mol. The summed E-state index contributed by atoms with van der Waals surface area (Å²) in [5, 5.41) is 3.28. The van der Waals surface area contributed by atoms with Gasteiger partial charge >= 0.3 is 0 Å². The van der Waals surface area contributed by atoms with Crippen molar-refractivity contribution in [1.82, 2.24) is 10.2 Å². The SMILES string of the molecule is O=C(NC1CN2CCC1CC2)c1ccc(-c2ccc(OCc3ccccc3)cc2)s1. The highest BCUT2D eigenvalue weighted by Gasteiger charge is 2.35. The fourth-order valence-corrected chi connectivity index (χ4v) is 5.35. The Morgan fingerprint density at radius 1 is 1.00 bits per heavy atom. The number of amides is 1. The fourth-order valence-electron chi connectivity index (χ4n) is 4.44. The molecule has 0 saturated carbocycles. The van der Waals surface area contributed by atoms with E-state index in [9.17, 15) is 4.79 Å². The topological polar surface area (TPSA) is 41.6 Å². The molecule has 154 valence electrons. The van der Waals surface area contributed by atoms with Crippen molar-refractivity contribution < 1.29 is 9.53 Å². The van der Waals surface area contributed by atoms with Crippen molar-refractivity contribution in [1.29, 1.82) is 0 Å². The Morgan fingerprint density at radius 2 is 1.77 bits per heavy atom. The number of piperidine rings is 3. The van der Waals surface area contributed by atoms with E-state index in [1.54, 1.807) is 11.3 Å². The molecule has 1 aromatic heterocycles. The number of carbonyl (C=O) groups is 1. The summed E-state index contributed by atoms with van der Waals surface area (Å²) >= 11 is 1.55. The van der Waals surface area contributed by atoms with E-state index in [1.807, 2.05) is 42.5 Å². The summed E-state index contributed by atoms with van der Waals surface area (Å²) in [5.41, 5.74) is 2.26. The van der Waals surface area contributed by atoms with E-state index in [0.29, 0.717) is 18.6 Å². The van der Waals surface area contributed by atoms with Crippen LogP contribution >= 0.6 is 11.3 Å². The van der Waals surface area contributed by atoms with Crippen LogP contribution < -0.4 is 10.1 Å². The second-order valence-corrected chi connectivity index (χ2v) is 9.26. The van der Waals surface area contributed by atoms with Gasteiger partial charge in [0.15, 0.2) is 0 Å². The smallest absolute Gasteiger partial charge is 0.261 e. The third kappa shape index (κ3) is 4.27. The second kappa shape index (κ2) is 8.62. The monoisotopic (exact) mass is 418 g/mol. The first-order valence-electron chi connectivity index (χ1n) is 10.6. The number of benzene rings is 2. The number of nitrogens with zero attached hydrogens (tertiary/aromatic N) is 1. The van der Waals surface area contributed by atoms with Gasteiger partial charge in [-0.15, -0.1) is 11.3 Å². The Bertz CT molecular complexity index is 992. The Kier molecular flexibility index (Phi) is 5.56. The Balaban J connectivity index is 1.20. The highest BCUT2D eigenvalue weighted by Crippen LogP contribution is 2.31. The lowest BCUT2D eigenvalue weighted by Crippen LogP contribution is -2.57. The number of rotatable bonds is 6. The van der Waals surface area contributed by atoms with E-state index in [0.717, 1.165) is 33.2 Å². The minimum atomic E-state index is 0.0628. The number of ether oxygens (including phenoxy) is 1. The molecule has 3 aliphatic heterocycles. The first-order chi connectivity index (χ1) is 14.7. The van der Waals surface area contributed by atoms with Gasteiger partial charge in [-0.3, -0.25) is 4.79 Å². The van der Waals surface area contributed by atoms with Crippen molar-refractivity contribution in [3.8, 4) is 16.2 Å². The van der Waals surface area contributed by atoms with Crippen LogP contribution in [0.25, 0.3) is 10.4 Å². The number of nitrogens with one attached hydrogen (secondary N) is 1. The Hall–Kier alpha value is -2.63. The van der Waals surface area contributed by atoms with Gasteiger partial charge in [0.1, 0.15) is 12.4 Å². The van der Waals surface area contributed by atoms with Crippen LogP contribution in [0.2, 0.25) is 0 Å². The van der Waals surface area contributed by atoms with Gasteiger partial charge in [-0.05, 0) is 79.4 Å². The summed E-state index contributed by atoms with van der Waals surface area (Å²) in [6.07, 6.45) is 2.42. The summed E-state index contributed by atoms with van der Waals surface area (Å²) in [6.45, 7) is 3.93. The highest BCUT2D eigenvalue weighted by atomic mass is 32.1. The van der Waals surface area contributed by atoms with Gasteiger partial charge in [-0.2, -0.15) is 0 Å². The molecule has 2 aromatic carbocycles. The maximum atomic E-state index is 12.8. The molecule has 0 aliphatic carbocycles. The number of hydrogen-bond donors (Lipinski definition) is 1. The van der Waals surface area contributed by atoms with Crippen LogP contribution in [0.3, 0.4) is 0 Å². The highest BCUT2D eigenvalue weighted by molar-refractivity contribution is 7.17. The molecule has 0 spiro atoms. The second-order valence-electron chi connectivity index (χ2n) is 8.18. The fraction of sp³-hybridized carbons (Fsp3) is 0.320. The molecule has 0 radical (unpaired) electrons. The Morgan fingerprint density at radius 3 is 2.47 bits per heavy atom. The van der Waals surface area contributed by atoms with E-state index in [4.69, 9.17) is 4.74 Å². The van der Waals surface area contributed by atoms with Crippen LogP contribution in [0.5, 0.6) is 5.75 Å². The van der Waals surface area contributed by atoms with E-state index < -0.39 is 0 Å². The number of thiophene rings is 1. The van der Waals surface area contributed by atoms with Crippen molar-refractivity contribution >= 4 is 17.2 Å². The van der Waals surface area contributed by atoms with Gasteiger partial charge in [-0.1, -0.05) is 30.3 Å². The van der Waals surface area contributed by atoms with E-state index >= 15 is 0 Å². The third-order valence-corrected chi connectivity index (χ3v) is 7.32. The predicted octanol–water partition coefficient (Wildman–Crippen LogP) is 4.82. The summed E-state index contributed by atoms with van der Waals surface area (Å²) in [7, 11) is 0. The first kappa shape index (κ1) is 19.3. The van der Waals surface area contributed by atoms with Gasteiger partial charge in [0.25, 0.3) is 5.91 Å². The normalized spacial score (nSPS) is 22.6. The summed E-state index contributed by atoms with van der Waals surface area (Å²) in [6, 6.07) is 22.5. The van der Waals surface area contributed by atoms with E-state index in [2.05, 4.69) is 34.5 Å². The van der Waals surface area contributed by atoms with Crippen LogP contribution in [0, 0.1) is 5.92 Å². The maximum absolute atomic E-state index is 12.8. The molecule has 3 saturated heterocycles. The largest absolute Gasteiger partial charge is 0.489 e. The van der Waals surface area contributed by atoms with Gasteiger partial charge in [-0.25, -0.2) is 0 Å². The summed E-state index contributed by atoms with van der Waals surface area (Å²) in [5.74, 6) is 1.55. The summed E-state index contributed by atoms with van der Waals surface area (Å²) < 4.78 is 5.87. The molecule has 30 heavy (non-hydrogen) atoms. The molecule has 3 aromatic rings.